The van der Waals surface area contributed by atoms with Crippen LogP contribution in [-0.2, 0) is 57.0 Å². The van der Waals surface area contributed by atoms with Crippen LogP contribution in [0.15, 0.2) is 11.6 Å². The molecule has 10 aliphatic rings. The second-order valence-corrected chi connectivity index (χ2v) is 28.2. The summed E-state index contributed by atoms with van der Waals surface area (Å²) < 4.78 is 59.8. The van der Waals surface area contributed by atoms with Crippen molar-refractivity contribution in [2.24, 2.45) is 50.2 Å². The van der Waals surface area contributed by atoms with Gasteiger partial charge in [-0.05, 0) is 111 Å². The summed E-state index contributed by atoms with van der Waals surface area (Å²) in [6.45, 7) is 9.96. The number of carbonyl (C=O) groups excluding carboxylic acids is 1. The molecule has 5 aliphatic carbocycles. The van der Waals surface area contributed by atoms with Gasteiger partial charge in [0.25, 0.3) is 0 Å². The number of carbonyl (C=O) groups is 2. The van der Waals surface area contributed by atoms with Crippen molar-refractivity contribution in [3.8, 4) is 0 Å². The first-order valence-corrected chi connectivity index (χ1v) is 30.2. The topological polar surface area (TPSA) is 450 Å². The number of rotatable bonds is 14. The van der Waals surface area contributed by atoms with Gasteiger partial charge in [0.1, 0.15) is 97.2 Å². The van der Waals surface area contributed by atoms with Crippen LogP contribution in [0.4, 0.5) is 0 Å². The van der Waals surface area contributed by atoms with Gasteiger partial charge in [-0.1, -0.05) is 46.3 Å². The Morgan fingerprint density at radius 3 is 1.85 bits per heavy atom. The lowest BCUT2D eigenvalue weighted by Gasteiger charge is -2.71. The number of aliphatic carboxylic acids is 1. The Morgan fingerprint density at radius 1 is 0.605 bits per heavy atom. The summed E-state index contributed by atoms with van der Waals surface area (Å²) in [7, 11) is 0. The molecule has 86 heavy (non-hydrogen) atoms. The Morgan fingerprint density at radius 2 is 1.21 bits per heavy atom. The average Bonchev–Trinajstić information content (AvgIpc) is 0.836. The van der Waals surface area contributed by atoms with E-state index >= 15 is 4.79 Å². The van der Waals surface area contributed by atoms with Gasteiger partial charge in [0, 0.05) is 0 Å². The first-order chi connectivity index (χ1) is 40.2. The summed E-state index contributed by atoms with van der Waals surface area (Å²) in [6, 6.07) is 0. The first kappa shape index (κ1) is 66.6. The SMILES string of the molecule is CC1OC(OC2C(OC(=O)C34CCC(C)(C)CC3C3=CCC5C6(C)CC(O)C(OC7OC(CO)C(O)C(O)C7O)C(C)(C(=O)O)C6CCC5(C)C3(C)CC4)OC(CO)C(O)C2O)C(O)C(OC2OCC(O)(CO)C2O)C1OC1OCC(O)C(O)C1O. The van der Waals surface area contributed by atoms with Crippen molar-refractivity contribution in [1.82, 2.24) is 0 Å². The molecule has 0 radical (unpaired) electrons. The lowest BCUT2D eigenvalue weighted by atomic mass is 9.33. The zero-order chi connectivity index (χ0) is 62.9. The lowest BCUT2D eigenvalue weighted by molar-refractivity contribution is -0.385. The summed E-state index contributed by atoms with van der Waals surface area (Å²) in [5.74, 6) is -3.26. The summed E-state index contributed by atoms with van der Waals surface area (Å²) in [4.78, 5) is 29.4. The third-order valence-electron chi connectivity index (χ3n) is 22.9. The van der Waals surface area contributed by atoms with Crippen LogP contribution in [0.2, 0.25) is 0 Å². The maximum Gasteiger partial charge on any atom is 0.315 e. The Kier molecular flexibility index (Phi) is 18.6. The average molecular weight is 1240 g/mol. The maximum absolute atomic E-state index is 15.6. The van der Waals surface area contributed by atoms with Gasteiger partial charge in [0.15, 0.2) is 31.3 Å². The molecule has 0 bridgehead atoms. The van der Waals surface area contributed by atoms with Crippen LogP contribution in [0.3, 0.4) is 0 Å². The highest BCUT2D eigenvalue weighted by Gasteiger charge is 2.73. The molecule has 0 aromatic heterocycles. The van der Waals surface area contributed by atoms with Crippen LogP contribution in [0.5, 0.6) is 0 Å². The van der Waals surface area contributed by atoms with E-state index in [1.54, 1.807) is 0 Å². The molecule has 16 N–H and O–H groups in total. The zero-order valence-corrected chi connectivity index (χ0v) is 49.5. The van der Waals surface area contributed by atoms with Gasteiger partial charge < -0.3 is 129 Å². The molecule has 32 atom stereocenters. The van der Waals surface area contributed by atoms with E-state index in [9.17, 15) is 86.5 Å². The van der Waals surface area contributed by atoms with Crippen molar-refractivity contribution in [2.75, 3.05) is 33.0 Å². The van der Waals surface area contributed by atoms with E-state index < -0.39 is 231 Å². The van der Waals surface area contributed by atoms with Gasteiger partial charge in [0.2, 0.25) is 6.29 Å². The molecule has 10 rings (SSSR count). The Balaban J connectivity index is 0.924. The van der Waals surface area contributed by atoms with Crippen LogP contribution in [-0.4, -0.2) is 274 Å². The van der Waals surface area contributed by atoms with Gasteiger partial charge >= 0.3 is 11.9 Å². The minimum absolute atomic E-state index is 0.0854. The summed E-state index contributed by atoms with van der Waals surface area (Å²) >= 11 is 0. The molecule has 0 aromatic carbocycles. The molecular formula is C58H92O28. The number of esters is 1. The number of allylic oxidation sites excluding steroid dienone is 2. The largest absolute Gasteiger partial charge is 0.481 e. The molecule has 5 heterocycles. The molecule has 28 heteroatoms. The van der Waals surface area contributed by atoms with Crippen molar-refractivity contribution in [3.05, 3.63) is 11.6 Å². The van der Waals surface area contributed by atoms with E-state index in [2.05, 4.69) is 33.8 Å². The smallest absolute Gasteiger partial charge is 0.315 e. The number of fused-ring (bicyclic) bond motifs is 7. The number of aliphatic hydroxyl groups is 15. The van der Waals surface area contributed by atoms with Crippen molar-refractivity contribution in [3.63, 3.8) is 0 Å². The number of carboxylic acids is 1. The van der Waals surface area contributed by atoms with Crippen LogP contribution >= 0.6 is 0 Å². The molecular weight excluding hydrogens is 1140 g/mol. The Bertz CT molecular complexity index is 2470. The minimum atomic E-state index is -2.20. The fourth-order valence-electron chi connectivity index (χ4n) is 17.5. The lowest BCUT2D eigenvalue weighted by Crippen LogP contribution is -2.70. The van der Waals surface area contributed by atoms with Gasteiger partial charge in [-0.15, -0.1) is 0 Å². The minimum Gasteiger partial charge on any atom is -0.481 e. The summed E-state index contributed by atoms with van der Waals surface area (Å²) in [5, 5.41) is 174. The Labute approximate surface area is 497 Å². The van der Waals surface area contributed by atoms with Crippen LogP contribution in [0.25, 0.3) is 0 Å². The summed E-state index contributed by atoms with van der Waals surface area (Å²) in [5.41, 5.74) is -6.47. The molecule has 32 unspecified atom stereocenters. The maximum atomic E-state index is 15.6. The molecule has 492 valence electrons. The predicted molar refractivity (Wildman–Crippen MR) is 285 cm³/mol. The molecule has 9 fully saturated rings. The molecule has 4 saturated carbocycles. The number of carboxylic acid groups (broad SMARTS) is 1. The third-order valence-corrected chi connectivity index (χ3v) is 22.9. The molecule has 28 nitrogen and oxygen atoms in total. The quantitative estimate of drug-likeness (QED) is 0.0449. The van der Waals surface area contributed by atoms with Crippen LogP contribution in [0.1, 0.15) is 106 Å². The number of hydrogen-bond donors (Lipinski definition) is 16. The third kappa shape index (κ3) is 10.6. The number of aliphatic hydroxyl groups excluding tert-OH is 14. The fourth-order valence-corrected chi connectivity index (χ4v) is 17.5. The molecule has 5 saturated heterocycles. The van der Waals surface area contributed by atoms with Gasteiger partial charge in [-0.25, -0.2) is 0 Å². The van der Waals surface area contributed by atoms with Gasteiger partial charge in [-0.2, -0.15) is 0 Å². The highest BCUT2D eigenvalue weighted by molar-refractivity contribution is 5.79. The highest BCUT2D eigenvalue weighted by atomic mass is 16.8. The molecule has 0 aromatic rings. The summed E-state index contributed by atoms with van der Waals surface area (Å²) in [6.07, 6.45) is -33.3. The monoisotopic (exact) mass is 1240 g/mol. The van der Waals surface area contributed by atoms with Gasteiger partial charge in [-0.3, -0.25) is 9.59 Å². The van der Waals surface area contributed by atoms with Gasteiger partial charge in [0.05, 0.1) is 56.1 Å². The van der Waals surface area contributed by atoms with Crippen molar-refractivity contribution in [2.45, 2.75) is 253 Å². The molecule has 0 spiro atoms. The normalized spacial score (nSPS) is 54.6. The van der Waals surface area contributed by atoms with Crippen molar-refractivity contribution < 1.29 is 139 Å². The van der Waals surface area contributed by atoms with E-state index in [1.165, 1.54) is 13.8 Å². The fraction of sp³-hybridized carbons (Fsp3) is 0.931. The van der Waals surface area contributed by atoms with E-state index in [0.717, 1.165) is 5.57 Å². The van der Waals surface area contributed by atoms with E-state index in [-0.39, 0.29) is 17.8 Å². The van der Waals surface area contributed by atoms with E-state index in [0.29, 0.717) is 51.4 Å². The zero-order valence-electron chi connectivity index (χ0n) is 49.5. The number of hydrogen-bond acceptors (Lipinski definition) is 27. The second-order valence-electron chi connectivity index (χ2n) is 28.2. The Hall–Kier alpha value is -2.28. The highest BCUT2D eigenvalue weighted by Crippen LogP contribution is 2.76. The van der Waals surface area contributed by atoms with Crippen molar-refractivity contribution in [1.29, 1.82) is 0 Å². The first-order valence-electron chi connectivity index (χ1n) is 30.2. The van der Waals surface area contributed by atoms with Crippen molar-refractivity contribution >= 4 is 11.9 Å². The van der Waals surface area contributed by atoms with E-state index in [4.69, 9.17) is 47.4 Å². The molecule has 5 aliphatic heterocycles. The second kappa shape index (κ2) is 24.0. The standard InChI is InChI=1S/C58H92O28/c1-23-40(82-45-37(69)32(64)27(63)20-77-45)41(83-49-43(72)58(76,21-61)22-78-49)39(71)47(79-23)84-42-36(68)34(66)29(19-60)81-48(42)86-51(75)57-14-12-52(2,3)16-25(57)24-8-9-30-53(4)17-26(62)44(85-46-38(70)35(67)33(65)28(18-59)80-46)56(7,50(73)74)31(53)10-11-55(30,6)54(24,5)13-15-57/h8,23,25-49,59-72,76H,9-22H2,1-7H3,(H,73,74). The predicted octanol–water partition coefficient (Wildman–Crippen LogP) is -3.87. The number of ether oxygens (including phenoxy) is 10. The van der Waals surface area contributed by atoms with Crippen LogP contribution < -0.4 is 0 Å². The van der Waals surface area contributed by atoms with Crippen LogP contribution in [0, 0.1) is 50.2 Å². The molecule has 0 amide bonds. The van der Waals surface area contributed by atoms with E-state index in [1.807, 2.05) is 6.92 Å².